The standard InChI is InChI=1S/C19H18ClFN4O/c1-24-4-6-25(7-5-24)19-14-8-12(2-3-17(14)22-11-23-19)13-9-15(20)18(26)10-16(13)21/h2-3,8-11,26H,4-7H2,1H3. The van der Waals surface area contributed by atoms with E-state index >= 15 is 0 Å². The van der Waals surface area contributed by atoms with Crippen LogP contribution in [0, 0.1) is 5.82 Å². The molecule has 1 N–H and O–H groups in total. The zero-order chi connectivity index (χ0) is 18.3. The summed E-state index contributed by atoms with van der Waals surface area (Å²) in [5.74, 6) is 0.0645. The first-order chi connectivity index (χ1) is 12.5. The third-order valence-electron chi connectivity index (χ3n) is 4.76. The van der Waals surface area contributed by atoms with Gasteiger partial charge in [0.2, 0.25) is 0 Å². The first-order valence-electron chi connectivity index (χ1n) is 8.39. The molecule has 134 valence electrons. The summed E-state index contributed by atoms with van der Waals surface area (Å²) in [5, 5.41) is 10.6. The van der Waals surface area contributed by atoms with Gasteiger partial charge in [-0.2, -0.15) is 0 Å². The SMILES string of the molecule is CN1CCN(c2ncnc3ccc(-c4cc(Cl)c(O)cc4F)cc23)CC1. The van der Waals surface area contributed by atoms with Crippen LogP contribution in [0.2, 0.25) is 5.02 Å². The van der Waals surface area contributed by atoms with Crippen molar-refractivity contribution in [2.24, 2.45) is 0 Å². The number of hydrogen-bond acceptors (Lipinski definition) is 5. The quantitative estimate of drug-likeness (QED) is 0.745. The second-order valence-corrected chi connectivity index (χ2v) is 6.91. The monoisotopic (exact) mass is 372 g/mol. The van der Waals surface area contributed by atoms with E-state index in [0.717, 1.165) is 49.0 Å². The van der Waals surface area contributed by atoms with Crippen molar-refractivity contribution in [1.82, 2.24) is 14.9 Å². The molecule has 0 spiro atoms. The predicted molar refractivity (Wildman–Crippen MR) is 101 cm³/mol. The fourth-order valence-electron chi connectivity index (χ4n) is 3.24. The van der Waals surface area contributed by atoms with Crippen molar-refractivity contribution in [2.45, 2.75) is 0 Å². The molecular weight excluding hydrogens is 355 g/mol. The topological polar surface area (TPSA) is 52.5 Å². The first kappa shape index (κ1) is 17.0. The molecule has 1 fully saturated rings. The number of fused-ring (bicyclic) bond motifs is 1. The molecule has 1 saturated heterocycles. The molecule has 1 aliphatic rings. The zero-order valence-electron chi connectivity index (χ0n) is 14.3. The van der Waals surface area contributed by atoms with Crippen LogP contribution in [0.5, 0.6) is 5.75 Å². The fourth-order valence-corrected chi connectivity index (χ4v) is 3.40. The van der Waals surface area contributed by atoms with Gasteiger partial charge < -0.3 is 14.9 Å². The summed E-state index contributed by atoms with van der Waals surface area (Å²) in [6.45, 7) is 3.69. The third kappa shape index (κ3) is 3.06. The molecular formula is C19H18ClFN4O. The summed E-state index contributed by atoms with van der Waals surface area (Å²) in [6.07, 6.45) is 1.56. The van der Waals surface area contributed by atoms with E-state index in [0.29, 0.717) is 11.1 Å². The van der Waals surface area contributed by atoms with Crippen LogP contribution in [0.25, 0.3) is 22.0 Å². The molecule has 0 atom stereocenters. The molecule has 5 nitrogen and oxygen atoms in total. The maximum atomic E-state index is 14.3. The van der Waals surface area contributed by atoms with Crippen LogP contribution in [0.15, 0.2) is 36.7 Å². The lowest BCUT2D eigenvalue weighted by atomic mass is 10.0. The van der Waals surface area contributed by atoms with Crippen molar-refractivity contribution in [3.8, 4) is 16.9 Å². The van der Waals surface area contributed by atoms with E-state index in [1.165, 1.54) is 6.07 Å². The van der Waals surface area contributed by atoms with Crippen LogP contribution in [0.1, 0.15) is 0 Å². The molecule has 0 amide bonds. The molecule has 3 aromatic rings. The lowest BCUT2D eigenvalue weighted by Gasteiger charge is -2.33. The summed E-state index contributed by atoms with van der Waals surface area (Å²) < 4.78 is 14.3. The Hall–Kier alpha value is -2.44. The zero-order valence-corrected chi connectivity index (χ0v) is 15.0. The maximum absolute atomic E-state index is 14.3. The second-order valence-electron chi connectivity index (χ2n) is 6.50. The Morgan fingerprint density at radius 3 is 2.62 bits per heavy atom. The average Bonchev–Trinajstić information content (AvgIpc) is 2.64. The molecule has 0 unspecified atom stereocenters. The summed E-state index contributed by atoms with van der Waals surface area (Å²) in [7, 11) is 2.10. The number of halogens is 2. The number of aromatic hydroxyl groups is 1. The molecule has 2 heterocycles. The van der Waals surface area contributed by atoms with Crippen molar-refractivity contribution in [3.63, 3.8) is 0 Å². The molecule has 1 aromatic heterocycles. The average molecular weight is 373 g/mol. The van der Waals surface area contributed by atoms with Crippen molar-refractivity contribution in [3.05, 3.63) is 47.5 Å². The van der Waals surface area contributed by atoms with Gasteiger partial charge in [-0.3, -0.25) is 0 Å². The summed E-state index contributed by atoms with van der Waals surface area (Å²) in [5.41, 5.74) is 1.81. The number of rotatable bonds is 2. The molecule has 0 bridgehead atoms. The number of anilines is 1. The molecule has 7 heteroatoms. The van der Waals surface area contributed by atoms with E-state index in [-0.39, 0.29) is 10.8 Å². The van der Waals surface area contributed by atoms with Gasteiger partial charge in [-0.15, -0.1) is 0 Å². The van der Waals surface area contributed by atoms with Crippen LogP contribution in [0.4, 0.5) is 10.2 Å². The van der Waals surface area contributed by atoms with Gasteiger partial charge >= 0.3 is 0 Å². The minimum absolute atomic E-state index is 0.116. The Morgan fingerprint density at radius 1 is 1.08 bits per heavy atom. The largest absolute Gasteiger partial charge is 0.506 e. The Morgan fingerprint density at radius 2 is 1.85 bits per heavy atom. The molecule has 4 rings (SSSR count). The first-order valence-corrected chi connectivity index (χ1v) is 8.77. The van der Waals surface area contributed by atoms with Gasteiger partial charge in [0.1, 0.15) is 23.7 Å². The van der Waals surface area contributed by atoms with Crippen molar-refractivity contribution >= 4 is 28.3 Å². The van der Waals surface area contributed by atoms with E-state index in [1.807, 2.05) is 12.1 Å². The maximum Gasteiger partial charge on any atom is 0.139 e. The lowest BCUT2D eigenvalue weighted by molar-refractivity contribution is 0.312. The van der Waals surface area contributed by atoms with Gasteiger partial charge in [-0.1, -0.05) is 17.7 Å². The Bertz CT molecular complexity index is 973. The van der Waals surface area contributed by atoms with E-state index < -0.39 is 5.82 Å². The van der Waals surface area contributed by atoms with Gasteiger partial charge in [-0.05, 0) is 30.8 Å². The highest BCUT2D eigenvalue weighted by Crippen LogP contribution is 2.34. The van der Waals surface area contributed by atoms with Crippen LogP contribution >= 0.6 is 11.6 Å². The number of piperazine rings is 1. The highest BCUT2D eigenvalue weighted by Gasteiger charge is 2.19. The van der Waals surface area contributed by atoms with Crippen molar-refractivity contribution in [2.75, 3.05) is 38.1 Å². The fraction of sp³-hybridized carbons (Fsp3) is 0.263. The van der Waals surface area contributed by atoms with E-state index in [4.69, 9.17) is 11.6 Å². The van der Waals surface area contributed by atoms with Crippen LogP contribution in [-0.2, 0) is 0 Å². The Kier molecular flexibility index (Phi) is 4.38. The molecule has 2 aromatic carbocycles. The second kappa shape index (κ2) is 6.70. The van der Waals surface area contributed by atoms with Crippen molar-refractivity contribution in [1.29, 1.82) is 0 Å². The summed E-state index contributed by atoms with van der Waals surface area (Å²) >= 11 is 5.97. The summed E-state index contributed by atoms with van der Waals surface area (Å²) in [6, 6.07) is 8.01. The molecule has 0 radical (unpaired) electrons. The number of phenols is 1. The van der Waals surface area contributed by atoms with Gasteiger partial charge in [0, 0.05) is 43.2 Å². The van der Waals surface area contributed by atoms with Crippen LogP contribution < -0.4 is 4.90 Å². The minimum atomic E-state index is -0.524. The Balaban J connectivity index is 1.82. The number of nitrogens with zero attached hydrogens (tertiary/aromatic N) is 4. The van der Waals surface area contributed by atoms with Crippen LogP contribution in [-0.4, -0.2) is 53.2 Å². The van der Waals surface area contributed by atoms with Gasteiger partial charge in [0.05, 0.1) is 10.5 Å². The molecule has 0 saturated carbocycles. The lowest BCUT2D eigenvalue weighted by Crippen LogP contribution is -2.44. The predicted octanol–water partition coefficient (Wildman–Crippen LogP) is 3.55. The number of aromatic nitrogens is 2. The van der Waals surface area contributed by atoms with E-state index in [2.05, 4.69) is 26.8 Å². The van der Waals surface area contributed by atoms with E-state index in [9.17, 15) is 9.50 Å². The Labute approximate surface area is 155 Å². The smallest absolute Gasteiger partial charge is 0.139 e. The number of hydrogen-bond donors (Lipinski definition) is 1. The van der Waals surface area contributed by atoms with Crippen LogP contribution in [0.3, 0.4) is 0 Å². The number of phenolic OH excluding ortho intramolecular Hbond substituents is 1. The highest BCUT2D eigenvalue weighted by atomic mass is 35.5. The van der Waals surface area contributed by atoms with E-state index in [1.54, 1.807) is 12.4 Å². The summed E-state index contributed by atoms with van der Waals surface area (Å²) in [4.78, 5) is 13.3. The molecule has 0 aliphatic carbocycles. The molecule has 26 heavy (non-hydrogen) atoms. The minimum Gasteiger partial charge on any atom is -0.506 e. The van der Waals surface area contributed by atoms with Gasteiger partial charge in [0.25, 0.3) is 0 Å². The number of benzene rings is 2. The number of likely N-dealkylation sites (N-methyl/N-ethyl adjacent to an activating group) is 1. The molecule has 1 aliphatic heterocycles. The van der Waals surface area contributed by atoms with Crippen molar-refractivity contribution < 1.29 is 9.50 Å². The normalized spacial score (nSPS) is 15.6. The highest BCUT2D eigenvalue weighted by molar-refractivity contribution is 6.32. The van der Waals surface area contributed by atoms with Gasteiger partial charge in [0.15, 0.2) is 0 Å². The third-order valence-corrected chi connectivity index (χ3v) is 5.07. The van der Waals surface area contributed by atoms with Gasteiger partial charge in [-0.25, -0.2) is 14.4 Å².